The lowest BCUT2D eigenvalue weighted by Gasteiger charge is -2.35. The highest BCUT2D eigenvalue weighted by Crippen LogP contribution is 2.39. The standard InChI is InChI=1S/C14H17BrFNO3/c15-9-14(6-2-1-3-7-14)10-20-13-8-11(16)4-5-12(13)17(18)19/h4-5,8H,1-3,6-7,9-10H2. The van der Waals surface area contributed by atoms with E-state index in [0.29, 0.717) is 6.61 Å². The highest BCUT2D eigenvalue weighted by Gasteiger charge is 2.32. The van der Waals surface area contributed by atoms with Crippen LogP contribution in [0.2, 0.25) is 0 Å². The average molecular weight is 346 g/mol. The number of hydrogen-bond donors (Lipinski definition) is 0. The van der Waals surface area contributed by atoms with Gasteiger partial charge in [-0.1, -0.05) is 35.2 Å². The van der Waals surface area contributed by atoms with E-state index in [9.17, 15) is 14.5 Å². The minimum atomic E-state index is -0.545. The maximum absolute atomic E-state index is 13.2. The zero-order valence-electron chi connectivity index (χ0n) is 11.1. The predicted octanol–water partition coefficient (Wildman–Crippen LogP) is 4.46. The fourth-order valence-electron chi connectivity index (χ4n) is 2.60. The lowest BCUT2D eigenvalue weighted by molar-refractivity contribution is -0.386. The van der Waals surface area contributed by atoms with Gasteiger partial charge in [-0.2, -0.15) is 0 Å². The minimum Gasteiger partial charge on any atom is -0.486 e. The van der Waals surface area contributed by atoms with Gasteiger partial charge in [0.1, 0.15) is 5.82 Å². The molecule has 1 aromatic rings. The van der Waals surface area contributed by atoms with Gasteiger partial charge in [0, 0.05) is 22.9 Å². The number of benzene rings is 1. The second-order valence-electron chi connectivity index (χ2n) is 5.35. The van der Waals surface area contributed by atoms with E-state index < -0.39 is 10.7 Å². The van der Waals surface area contributed by atoms with Crippen molar-refractivity contribution in [2.24, 2.45) is 5.41 Å². The molecule has 0 heterocycles. The monoisotopic (exact) mass is 345 g/mol. The molecule has 1 aliphatic carbocycles. The highest BCUT2D eigenvalue weighted by atomic mass is 79.9. The van der Waals surface area contributed by atoms with Crippen LogP contribution >= 0.6 is 15.9 Å². The van der Waals surface area contributed by atoms with E-state index in [2.05, 4.69) is 15.9 Å². The number of nitrogens with zero attached hydrogens (tertiary/aromatic N) is 1. The van der Waals surface area contributed by atoms with Crippen molar-refractivity contribution in [3.8, 4) is 5.75 Å². The molecule has 0 aliphatic heterocycles. The van der Waals surface area contributed by atoms with Gasteiger partial charge < -0.3 is 4.74 Å². The van der Waals surface area contributed by atoms with Crippen molar-refractivity contribution in [1.29, 1.82) is 0 Å². The van der Waals surface area contributed by atoms with E-state index in [4.69, 9.17) is 4.74 Å². The van der Waals surface area contributed by atoms with Gasteiger partial charge in [0.05, 0.1) is 11.5 Å². The quantitative estimate of drug-likeness (QED) is 0.449. The Kier molecular flexibility index (Phi) is 4.96. The lowest BCUT2D eigenvalue weighted by atomic mass is 9.76. The Hall–Kier alpha value is -1.17. The van der Waals surface area contributed by atoms with Gasteiger partial charge in [0.2, 0.25) is 0 Å². The summed E-state index contributed by atoms with van der Waals surface area (Å²) in [6, 6.07) is 3.31. The van der Waals surface area contributed by atoms with Crippen molar-refractivity contribution < 1.29 is 14.1 Å². The molecule has 0 radical (unpaired) electrons. The van der Waals surface area contributed by atoms with Gasteiger partial charge in [-0.3, -0.25) is 10.1 Å². The fourth-order valence-corrected chi connectivity index (χ4v) is 3.33. The molecule has 6 heteroatoms. The Labute approximate surface area is 125 Å². The van der Waals surface area contributed by atoms with Crippen LogP contribution < -0.4 is 4.74 Å². The zero-order valence-corrected chi connectivity index (χ0v) is 12.7. The molecule has 20 heavy (non-hydrogen) atoms. The van der Waals surface area contributed by atoms with Gasteiger partial charge in [-0.15, -0.1) is 0 Å². The molecule has 0 unspecified atom stereocenters. The molecule has 110 valence electrons. The van der Waals surface area contributed by atoms with Crippen molar-refractivity contribution in [3.05, 3.63) is 34.1 Å². The summed E-state index contributed by atoms with van der Waals surface area (Å²) in [6.45, 7) is 0.378. The van der Waals surface area contributed by atoms with E-state index in [1.54, 1.807) is 0 Å². The molecule has 0 bridgehead atoms. The van der Waals surface area contributed by atoms with Crippen molar-refractivity contribution >= 4 is 21.6 Å². The van der Waals surface area contributed by atoms with Crippen LogP contribution in [0.4, 0.5) is 10.1 Å². The first-order valence-electron chi connectivity index (χ1n) is 6.69. The summed E-state index contributed by atoms with van der Waals surface area (Å²) in [5, 5.41) is 11.7. The third-order valence-electron chi connectivity index (χ3n) is 3.85. The molecule has 1 aromatic carbocycles. The Bertz CT molecular complexity index is 489. The first-order chi connectivity index (χ1) is 9.56. The van der Waals surface area contributed by atoms with E-state index in [-0.39, 0.29) is 16.9 Å². The number of alkyl halides is 1. The molecular formula is C14H17BrFNO3. The van der Waals surface area contributed by atoms with Crippen molar-refractivity contribution in [2.75, 3.05) is 11.9 Å². The predicted molar refractivity (Wildman–Crippen MR) is 77.9 cm³/mol. The molecule has 4 nitrogen and oxygen atoms in total. The highest BCUT2D eigenvalue weighted by molar-refractivity contribution is 9.09. The van der Waals surface area contributed by atoms with Gasteiger partial charge in [0.25, 0.3) is 0 Å². The summed E-state index contributed by atoms with van der Waals surface area (Å²) >= 11 is 3.52. The molecule has 0 spiro atoms. The summed E-state index contributed by atoms with van der Waals surface area (Å²) in [4.78, 5) is 10.4. The molecule has 0 saturated heterocycles. The minimum absolute atomic E-state index is 0.00155. The van der Waals surface area contributed by atoms with E-state index in [1.807, 2.05) is 0 Å². The van der Waals surface area contributed by atoms with E-state index in [0.717, 1.165) is 49.2 Å². The third kappa shape index (κ3) is 3.48. The summed E-state index contributed by atoms with van der Waals surface area (Å²) in [7, 11) is 0. The molecule has 2 rings (SSSR count). The Morgan fingerprint density at radius 2 is 2.05 bits per heavy atom. The molecular weight excluding hydrogens is 329 g/mol. The van der Waals surface area contributed by atoms with Crippen LogP contribution in [0.3, 0.4) is 0 Å². The summed E-state index contributed by atoms with van der Waals surface area (Å²) in [5.41, 5.74) is -0.190. The molecule has 0 N–H and O–H groups in total. The van der Waals surface area contributed by atoms with Crippen LogP contribution in [0.1, 0.15) is 32.1 Å². The van der Waals surface area contributed by atoms with E-state index >= 15 is 0 Å². The van der Waals surface area contributed by atoms with Gasteiger partial charge in [0.15, 0.2) is 5.75 Å². The van der Waals surface area contributed by atoms with Gasteiger partial charge >= 0.3 is 5.69 Å². The Morgan fingerprint density at radius 3 is 2.65 bits per heavy atom. The zero-order chi connectivity index (χ0) is 14.6. The molecule has 0 aromatic heterocycles. The summed E-state index contributed by atoms with van der Waals surface area (Å²) in [5.74, 6) is -0.511. The molecule has 1 saturated carbocycles. The van der Waals surface area contributed by atoms with Crippen LogP contribution in [-0.4, -0.2) is 16.9 Å². The molecule has 1 aliphatic rings. The van der Waals surface area contributed by atoms with Gasteiger partial charge in [-0.05, 0) is 18.9 Å². The van der Waals surface area contributed by atoms with E-state index in [1.165, 1.54) is 6.42 Å². The summed E-state index contributed by atoms with van der Waals surface area (Å²) < 4.78 is 18.8. The first-order valence-corrected chi connectivity index (χ1v) is 7.81. The Morgan fingerprint density at radius 1 is 1.35 bits per heavy atom. The number of rotatable bonds is 5. The smallest absolute Gasteiger partial charge is 0.311 e. The van der Waals surface area contributed by atoms with Crippen LogP contribution in [0.5, 0.6) is 5.75 Å². The molecule has 0 atom stereocenters. The van der Waals surface area contributed by atoms with Crippen molar-refractivity contribution in [2.45, 2.75) is 32.1 Å². The SMILES string of the molecule is O=[N+]([O-])c1ccc(F)cc1OCC1(CBr)CCCCC1. The van der Waals surface area contributed by atoms with Crippen LogP contribution in [-0.2, 0) is 0 Å². The second kappa shape index (κ2) is 6.52. The number of nitro benzene ring substituents is 1. The number of hydrogen-bond acceptors (Lipinski definition) is 3. The first kappa shape index (κ1) is 15.2. The lowest BCUT2D eigenvalue weighted by Crippen LogP contribution is -2.32. The largest absolute Gasteiger partial charge is 0.486 e. The number of nitro groups is 1. The Balaban J connectivity index is 2.13. The maximum Gasteiger partial charge on any atom is 0.311 e. The van der Waals surface area contributed by atoms with Gasteiger partial charge in [-0.25, -0.2) is 4.39 Å². The summed E-state index contributed by atoms with van der Waals surface area (Å²) in [6.07, 6.45) is 5.55. The fraction of sp³-hybridized carbons (Fsp3) is 0.571. The molecule has 1 fully saturated rings. The maximum atomic E-state index is 13.2. The topological polar surface area (TPSA) is 52.4 Å². The second-order valence-corrected chi connectivity index (χ2v) is 5.91. The average Bonchev–Trinajstić information content (AvgIpc) is 2.46. The molecule has 0 amide bonds. The normalized spacial score (nSPS) is 17.7. The number of ether oxygens (including phenoxy) is 1. The van der Waals surface area contributed by atoms with Crippen molar-refractivity contribution in [3.63, 3.8) is 0 Å². The third-order valence-corrected chi connectivity index (χ3v) is 5.04. The van der Waals surface area contributed by atoms with Crippen LogP contribution in [0.15, 0.2) is 18.2 Å². The van der Waals surface area contributed by atoms with Crippen LogP contribution in [0, 0.1) is 21.3 Å². The van der Waals surface area contributed by atoms with Crippen molar-refractivity contribution in [1.82, 2.24) is 0 Å². The number of halogens is 2. The van der Waals surface area contributed by atoms with Crippen LogP contribution in [0.25, 0.3) is 0 Å².